The van der Waals surface area contributed by atoms with Gasteiger partial charge in [0.25, 0.3) is 6.43 Å². The van der Waals surface area contributed by atoms with Gasteiger partial charge in [-0.1, -0.05) is 11.6 Å². The first-order chi connectivity index (χ1) is 11.9. The van der Waals surface area contributed by atoms with Crippen molar-refractivity contribution in [2.45, 2.75) is 12.8 Å². The fourth-order valence-electron chi connectivity index (χ4n) is 3.35. The highest BCUT2D eigenvalue weighted by Gasteiger charge is 2.38. The zero-order valence-corrected chi connectivity index (χ0v) is 14.5. The van der Waals surface area contributed by atoms with Crippen molar-refractivity contribution < 1.29 is 18.4 Å². The maximum Gasteiger partial charge on any atom is 0.251 e. The Kier molecular flexibility index (Phi) is 5.54. The van der Waals surface area contributed by atoms with Crippen molar-refractivity contribution in [1.82, 2.24) is 9.80 Å². The van der Waals surface area contributed by atoms with Crippen LogP contribution in [0.15, 0.2) is 24.3 Å². The predicted molar refractivity (Wildman–Crippen MR) is 90.9 cm³/mol. The molecule has 25 heavy (non-hydrogen) atoms. The molecule has 0 aromatic heterocycles. The van der Waals surface area contributed by atoms with E-state index in [-0.39, 0.29) is 30.7 Å². The standard InChI is InChI=1S/C17H20ClF2N3O2/c18-13-1-3-14(4-2-13)23-10-12(9-16(23)24)17(25)22-7-5-21(6-8-22)11-15(19)20/h1-4,12,15H,5-11H2. The minimum Gasteiger partial charge on any atom is -0.340 e. The highest BCUT2D eigenvalue weighted by Crippen LogP contribution is 2.27. The van der Waals surface area contributed by atoms with E-state index in [1.54, 1.807) is 39.0 Å². The molecular formula is C17H20ClF2N3O2. The summed E-state index contributed by atoms with van der Waals surface area (Å²) in [6, 6.07) is 6.94. The Labute approximate surface area is 150 Å². The number of benzene rings is 1. The number of carbonyl (C=O) groups is 2. The number of carbonyl (C=O) groups excluding carboxylic acids is 2. The molecule has 0 radical (unpaired) electrons. The summed E-state index contributed by atoms with van der Waals surface area (Å²) in [4.78, 5) is 29.9. The molecule has 0 spiro atoms. The van der Waals surface area contributed by atoms with Crippen LogP contribution < -0.4 is 4.90 Å². The van der Waals surface area contributed by atoms with E-state index < -0.39 is 6.43 Å². The average Bonchev–Trinajstić information content (AvgIpc) is 2.97. The van der Waals surface area contributed by atoms with Gasteiger partial charge in [0.2, 0.25) is 11.8 Å². The number of anilines is 1. The zero-order valence-electron chi connectivity index (χ0n) is 13.7. The number of alkyl halides is 2. The van der Waals surface area contributed by atoms with Gasteiger partial charge in [0.05, 0.1) is 12.5 Å². The smallest absolute Gasteiger partial charge is 0.251 e. The molecule has 1 atom stereocenters. The molecule has 2 aliphatic heterocycles. The lowest BCUT2D eigenvalue weighted by Gasteiger charge is -2.35. The van der Waals surface area contributed by atoms with E-state index in [9.17, 15) is 18.4 Å². The van der Waals surface area contributed by atoms with Crippen LogP contribution in [0.2, 0.25) is 5.02 Å². The molecule has 1 aromatic rings. The van der Waals surface area contributed by atoms with Crippen molar-refractivity contribution in [3.8, 4) is 0 Å². The predicted octanol–water partition coefficient (Wildman–Crippen LogP) is 2.10. The lowest BCUT2D eigenvalue weighted by atomic mass is 10.1. The maximum absolute atomic E-state index is 12.7. The molecule has 1 unspecified atom stereocenters. The molecular weight excluding hydrogens is 352 g/mol. The van der Waals surface area contributed by atoms with E-state index in [1.807, 2.05) is 0 Å². The molecule has 0 bridgehead atoms. The van der Waals surface area contributed by atoms with Gasteiger partial charge in [-0.25, -0.2) is 8.78 Å². The minimum absolute atomic E-state index is 0.0680. The van der Waals surface area contributed by atoms with Gasteiger partial charge in [0, 0.05) is 49.9 Å². The highest BCUT2D eigenvalue weighted by atomic mass is 35.5. The monoisotopic (exact) mass is 371 g/mol. The van der Waals surface area contributed by atoms with Gasteiger partial charge in [-0.05, 0) is 24.3 Å². The normalized spacial score (nSPS) is 22.1. The molecule has 136 valence electrons. The Balaban J connectivity index is 1.57. The highest BCUT2D eigenvalue weighted by molar-refractivity contribution is 6.30. The van der Waals surface area contributed by atoms with Crippen molar-refractivity contribution in [1.29, 1.82) is 0 Å². The lowest BCUT2D eigenvalue weighted by molar-refractivity contribution is -0.137. The molecule has 2 heterocycles. The third-order valence-corrected chi connectivity index (χ3v) is 4.94. The SMILES string of the molecule is O=C(C1CC(=O)N(c2ccc(Cl)cc2)C1)N1CCN(CC(F)F)CC1. The molecule has 0 N–H and O–H groups in total. The van der Waals surface area contributed by atoms with Crippen LogP contribution in [-0.2, 0) is 9.59 Å². The Morgan fingerprint density at radius 3 is 2.40 bits per heavy atom. The van der Waals surface area contributed by atoms with Gasteiger partial charge in [-0.3, -0.25) is 14.5 Å². The molecule has 1 aromatic carbocycles. The van der Waals surface area contributed by atoms with E-state index in [2.05, 4.69) is 0 Å². The molecule has 8 heteroatoms. The number of hydrogen-bond donors (Lipinski definition) is 0. The fourth-order valence-corrected chi connectivity index (χ4v) is 3.47. The quantitative estimate of drug-likeness (QED) is 0.814. The Bertz CT molecular complexity index is 633. The molecule has 2 saturated heterocycles. The molecule has 5 nitrogen and oxygen atoms in total. The van der Waals surface area contributed by atoms with E-state index in [4.69, 9.17) is 11.6 Å². The first-order valence-electron chi connectivity index (χ1n) is 8.29. The number of nitrogens with zero attached hydrogens (tertiary/aromatic N) is 3. The van der Waals surface area contributed by atoms with Crippen LogP contribution in [0.4, 0.5) is 14.5 Å². The van der Waals surface area contributed by atoms with Gasteiger partial charge in [-0.15, -0.1) is 0 Å². The number of halogens is 3. The Morgan fingerprint density at radius 1 is 1.16 bits per heavy atom. The summed E-state index contributed by atoms with van der Waals surface area (Å²) in [6.45, 7) is 1.83. The summed E-state index contributed by atoms with van der Waals surface area (Å²) in [6.07, 6.45) is -2.18. The number of piperazine rings is 1. The summed E-state index contributed by atoms with van der Waals surface area (Å²) in [5.41, 5.74) is 0.728. The third-order valence-electron chi connectivity index (χ3n) is 4.69. The number of rotatable bonds is 4. The van der Waals surface area contributed by atoms with Crippen molar-refractivity contribution in [3.63, 3.8) is 0 Å². The number of amides is 2. The fraction of sp³-hybridized carbons (Fsp3) is 0.529. The van der Waals surface area contributed by atoms with Crippen LogP contribution in [0, 0.1) is 5.92 Å². The average molecular weight is 372 g/mol. The van der Waals surface area contributed by atoms with Crippen LogP contribution in [0.1, 0.15) is 6.42 Å². The lowest BCUT2D eigenvalue weighted by Crippen LogP contribution is -2.51. The van der Waals surface area contributed by atoms with Crippen LogP contribution in [0.5, 0.6) is 0 Å². The molecule has 2 amide bonds. The van der Waals surface area contributed by atoms with Crippen molar-refractivity contribution >= 4 is 29.1 Å². The molecule has 0 saturated carbocycles. The summed E-state index contributed by atoms with van der Waals surface area (Å²) in [5, 5.41) is 0.588. The van der Waals surface area contributed by atoms with Crippen LogP contribution in [0.3, 0.4) is 0 Å². The molecule has 2 aliphatic rings. The van der Waals surface area contributed by atoms with Gasteiger partial charge in [0.1, 0.15) is 0 Å². The second-order valence-electron chi connectivity index (χ2n) is 6.40. The number of hydrogen-bond acceptors (Lipinski definition) is 3. The van der Waals surface area contributed by atoms with E-state index in [0.29, 0.717) is 37.7 Å². The van der Waals surface area contributed by atoms with E-state index in [0.717, 1.165) is 5.69 Å². The maximum atomic E-state index is 12.7. The largest absolute Gasteiger partial charge is 0.340 e. The van der Waals surface area contributed by atoms with Crippen LogP contribution in [0.25, 0.3) is 0 Å². The van der Waals surface area contributed by atoms with Gasteiger partial charge in [-0.2, -0.15) is 0 Å². The third kappa shape index (κ3) is 4.27. The second kappa shape index (κ2) is 7.66. The van der Waals surface area contributed by atoms with Crippen molar-refractivity contribution in [3.05, 3.63) is 29.3 Å². The molecule has 2 fully saturated rings. The van der Waals surface area contributed by atoms with Gasteiger partial charge < -0.3 is 9.80 Å². The van der Waals surface area contributed by atoms with E-state index in [1.165, 1.54) is 0 Å². The molecule has 0 aliphatic carbocycles. The van der Waals surface area contributed by atoms with Crippen LogP contribution in [-0.4, -0.2) is 67.3 Å². The Morgan fingerprint density at radius 2 is 1.80 bits per heavy atom. The summed E-state index contributed by atoms with van der Waals surface area (Å²) < 4.78 is 24.8. The molecule has 3 rings (SSSR count). The summed E-state index contributed by atoms with van der Waals surface area (Å²) in [7, 11) is 0. The van der Waals surface area contributed by atoms with Crippen molar-refractivity contribution in [2.24, 2.45) is 5.92 Å². The van der Waals surface area contributed by atoms with E-state index >= 15 is 0 Å². The van der Waals surface area contributed by atoms with Gasteiger partial charge >= 0.3 is 0 Å². The Hall–Kier alpha value is -1.73. The summed E-state index contributed by atoms with van der Waals surface area (Å²) in [5.74, 6) is -0.539. The van der Waals surface area contributed by atoms with Crippen LogP contribution >= 0.6 is 11.6 Å². The van der Waals surface area contributed by atoms with Gasteiger partial charge in [0.15, 0.2) is 0 Å². The minimum atomic E-state index is -2.36. The topological polar surface area (TPSA) is 43.9 Å². The zero-order chi connectivity index (χ0) is 18.0. The first-order valence-corrected chi connectivity index (χ1v) is 8.67. The first kappa shape index (κ1) is 18.1. The summed E-state index contributed by atoms with van der Waals surface area (Å²) >= 11 is 5.86. The second-order valence-corrected chi connectivity index (χ2v) is 6.84. The van der Waals surface area contributed by atoms with Crippen molar-refractivity contribution in [2.75, 3.05) is 44.2 Å².